The van der Waals surface area contributed by atoms with Gasteiger partial charge in [0.25, 0.3) is 0 Å². The molecule has 0 saturated heterocycles. The smallest absolute Gasteiger partial charge is 0.411 e. The lowest BCUT2D eigenvalue weighted by Gasteiger charge is -2.29. The fraction of sp³-hybridized carbons (Fsp3) is 0.444. The van der Waals surface area contributed by atoms with Gasteiger partial charge in [-0.05, 0) is 32.5 Å². The number of nitrogens with zero attached hydrogens (tertiary/aromatic N) is 4. The molecule has 0 unspecified atom stereocenters. The van der Waals surface area contributed by atoms with Gasteiger partial charge >= 0.3 is 6.09 Å². The van der Waals surface area contributed by atoms with Crippen molar-refractivity contribution in [3.63, 3.8) is 0 Å². The number of rotatable bonds is 4. The summed E-state index contributed by atoms with van der Waals surface area (Å²) in [5.74, 6) is 0.346. The summed E-state index contributed by atoms with van der Waals surface area (Å²) in [4.78, 5) is 15.1. The number of carbonyl (C=O) groups is 1. The maximum atomic E-state index is 11.6. The van der Waals surface area contributed by atoms with Gasteiger partial charge in [0.05, 0.1) is 17.8 Å². The number of amides is 1. The fourth-order valence-electron chi connectivity index (χ4n) is 3.01. The van der Waals surface area contributed by atoms with Gasteiger partial charge in [-0.2, -0.15) is 5.10 Å². The molecule has 1 aliphatic heterocycles. The molecule has 0 fully saturated rings. The second kappa shape index (κ2) is 6.65. The number of aromatic nitrogens is 2. The summed E-state index contributed by atoms with van der Waals surface area (Å²) in [5.41, 5.74) is 2.58. The maximum absolute atomic E-state index is 11.6. The van der Waals surface area contributed by atoms with E-state index in [0.717, 1.165) is 41.7 Å². The maximum Gasteiger partial charge on any atom is 0.411 e. The van der Waals surface area contributed by atoms with Crippen LogP contribution in [-0.4, -0.2) is 58.0 Å². The molecule has 0 aliphatic carbocycles. The molecule has 1 aliphatic rings. The Labute approximate surface area is 142 Å². The summed E-state index contributed by atoms with van der Waals surface area (Å²) in [6.45, 7) is 4.37. The molecule has 1 aromatic heterocycles. The normalized spacial score (nSPS) is 18.2. The van der Waals surface area contributed by atoms with Crippen LogP contribution in [0, 0.1) is 5.92 Å². The van der Waals surface area contributed by atoms with Crippen LogP contribution in [0.2, 0.25) is 0 Å². The lowest BCUT2D eigenvalue weighted by Crippen LogP contribution is -2.34. The van der Waals surface area contributed by atoms with E-state index >= 15 is 0 Å². The van der Waals surface area contributed by atoms with E-state index in [2.05, 4.69) is 16.9 Å². The van der Waals surface area contributed by atoms with E-state index in [1.54, 1.807) is 0 Å². The highest BCUT2D eigenvalue weighted by Crippen LogP contribution is 2.29. The van der Waals surface area contributed by atoms with Crippen molar-refractivity contribution in [3.05, 3.63) is 36.0 Å². The summed E-state index contributed by atoms with van der Waals surface area (Å²) >= 11 is 0. The average molecular weight is 328 g/mol. The lowest BCUT2D eigenvalue weighted by molar-refractivity contribution is 0.159. The quantitative estimate of drug-likeness (QED) is 0.937. The molecule has 6 heteroatoms. The first-order chi connectivity index (χ1) is 11.4. The van der Waals surface area contributed by atoms with Crippen LogP contribution < -0.4 is 0 Å². The van der Waals surface area contributed by atoms with Gasteiger partial charge in [0.2, 0.25) is 0 Å². The minimum absolute atomic E-state index is 0.346. The molecule has 128 valence electrons. The number of likely N-dealkylation sites (N-methyl/N-ethyl adjacent to an activating group) is 1. The largest absolute Gasteiger partial charge is 0.465 e. The summed E-state index contributed by atoms with van der Waals surface area (Å²) in [6, 6.07) is 5.99. The summed E-state index contributed by atoms with van der Waals surface area (Å²) in [7, 11) is 4.08. The van der Waals surface area contributed by atoms with Crippen molar-refractivity contribution in [2.24, 2.45) is 5.92 Å². The number of benzene rings is 1. The number of allylic oxidation sites excluding steroid dienone is 1. The van der Waals surface area contributed by atoms with Crippen LogP contribution in [0.4, 0.5) is 4.79 Å². The number of fused-ring (bicyclic) bond motifs is 1. The Morgan fingerprint density at radius 3 is 2.92 bits per heavy atom. The van der Waals surface area contributed by atoms with E-state index < -0.39 is 6.09 Å². The van der Waals surface area contributed by atoms with Crippen LogP contribution in [0.5, 0.6) is 0 Å². The summed E-state index contributed by atoms with van der Waals surface area (Å²) in [6.07, 6.45) is 4.06. The van der Waals surface area contributed by atoms with Crippen molar-refractivity contribution in [1.29, 1.82) is 0 Å². The standard InChI is InChI=1S/C18H24N4O2/c1-13-4-7-17(22(11-13)18(23)24)14-5-6-15-12-21(9-8-20(2)3)19-16(15)10-14/h5-7,10,12-13H,4,8-9,11H2,1-3H3,(H,23,24)/t13-/m0/s1. The highest BCUT2D eigenvalue weighted by atomic mass is 16.4. The van der Waals surface area contributed by atoms with E-state index in [4.69, 9.17) is 0 Å². The van der Waals surface area contributed by atoms with E-state index in [0.29, 0.717) is 12.5 Å². The predicted octanol–water partition coefficient (Wildman–Crippen LogP) is 2.96. The van der Waals surface area contributed by atoms with Crippen molar-refractivity contribution in [2.45, 2.75) is 19.9 Å². The van der Waals surface area contributed by atoms with Crippen molar-refractivity contribution in [3.8, 4) is 0 Å². The average Bonchev–Trinajstić information content (AvgIpc) is 2.94. The van der Waals surface area contributed by atoms with Crippen molar-refractivity contribution in [2.75, 3.05) is 27.2 Å². The third-order valence-electron chi connectivity index (χ3n) is 4.36. The van der Waals surface area contributed by atoms with Gasteiger partial charge in [0.15, 0.2) is 0 Å². The molecule has 1 atom stereocenters. The van der Waals surface area contributed by atoms with Gasteiger partial charge in [-0.1, -0.05) is 25.1 Å². The second-order valence-electron chi connectivity index (χ2n) is 6.79. The van der Waals surface area contributed by atoms with Crippen LogP contribution >= 0.6 is 0 Å². The van der Waals surface area contributed by atoms with Crippen molar-refractivity contribution >= 4 is 22.7 Å². The third-order valence-corrected chi connectivity index (χ3v) is 4.36. The van der Waals surface area contributed by atoms with Crippen molar-refractivity contribution < 1.29 is 9.90 Å². The molecular weight excluding hydrogens is 304 g/mol. The summed E-state index contributed by atoms with van der Waals surface area (Å²) < 4.78 is 1.95. The number of hydrogen-bond acceptors (Lipinski definition) is 3. The first kappa shape index (κ1) is 16.5. The Morgan fingerprint density at radius 2 is 2.21 bits per heavy atom. The van der Waals surface area contributed by atoms with Gasteiger partial charge in [-0.25, -0.2) is 4.79 Å². The summed E-state index contributed by atoms with van der Waals surface area (Å²) in [5, 5.41) is 15.2. The molecule has 3 rings (SSSR count). The molecule has 0 spiro atoms. The molecular formula is C18H24N4O2. The molecule has 2 aromatic rings. The molecule has 0 saturated carbocycles. The Bertz CT molecular complexity index is 778. The van der Waals surface area contributed by atoms with E-state index in [9.17, 15) is 9.90 Å². The van der Waals surface area contributed by atoms with E-state index in [-0.39, 0.29) is 0 Å². The molecule has 24 heavy (non-hydrogen) atoms. The zero-order chi connectivity index (χ0) is 17.3. The molecule has 2 heterocycles. The molecule has 0 radical (unpaired) electrons. The predicted molar refractivity (Wildman–Crippen MR) is 94.8 cm³/mol. The zero-order valence-corrected chi connectivity index (χ0v) is 14.4. The van der Waals surface area contributed by atoms with Crippen LogP contribution in [0.3, 0.4) is 0 Å². The van der Waals surface area contributed by atoms with Gasteiger partial charge < -0.3 is 10.0 Å². The molecule has 0 bridgehead atoms. The Kier molecular flexibility index (Phi) is 4.57. The minimum atomic E-state index is -0.899. The molecule has 1 N–H and O–H groups in total. The van der Waals surface area contributed by atoms with Gasteiger partial charge in [0.1, 0.15) is 0 Å². The number of carboxylic acid groups (broad SMARTS) is 1. The van der Waals surface area contributed by atoms with Crippen LogP contribution in [0.25, 0.3) is 16.6 Å². The Balaban J connectivity index is 1.91. The third kappa shape index (κ3) is 3.43. The number of hydrogen-bond donors (Lipinski definition) is 1. The van der Waals surface area contributed by atoms with Crippen LogP contribution in [0.15, 0.2) is 30.5 Å². The highest BCUT2D eigenvalue weighted by molar-refractivity contribution is 5.86. The van der Waals surface area contributed by atoms with Crippen LogP contribution in [0.1, 0.15) is 18.9 Å². The zero-order valence-electron chi connectivity index (χ0n) is 14.4. The molecule has 1 aromatic carbocycles. The van der Waals surface area contributed by atoms with Crippen LogP contribution in [-0.2, 0) is 6.54 Å². The Hall–Kier alpha value is -2.34. The first-order valence-corrected chi connectivity index (χ1v) is 8.27. The first-order valence-electron chi connectivity index (χ1n) is 8.27. The second-order valence-corrected chi connectivity index (χ2v) is 6.79. The van der Waals surface area contributed by atoms with E-state index in [1.165, 1.54) is 4.90 Å². The van der Waals surface area contributed by atoms with Gasteiger partial charge in [-0.15, -0.1) is 0 Å². The SMILES string of the molecule is C[C@H]1CC=C(c2ccc3cn(CCN(C)C)nc3c2)N(C(=O)O)C1. The van der Waals surface area contributed by atoms with Gasteiger partial charge in [0, 0.05) is 30.2 Å². The van der Waals surface area contributed by atoms with Gasteiger partial charge in [-0.3, -0.25) is 9.58 Å². The topological polar surface area (TPSA) is 61.6 Å². The lowest BCUT2D eigenvalue weighted by atomic mass is 9.98. The van der Waals surface area contributed by atoms with E-state index in [1.807, 2.05) is 49.2 Å². The molecule has 6 nitrogen and oxygen atoms in total. The molecule has 1 amide bonds. The monoisotopic (exact) mass is 328 g/mol. The Morgan fingerprint density at radius 1 is 1.42 bits per heavy atom. The highest BCUT2D eigenvalue weighted by Gasteiger charge is 2.24. The minimum Gasteiger partial charge on any atom is -0.465 e. The fourth-order valence-corrected chi connectivity index (χ4v) is 3.01. The van der Waals surface area contributed by atoms with Crippen molar-refractivity contribution in [1.82, 2.24) is 19.6 Å².